The Morgan fingerprint density at radius 3 is 2.80 bits per heavy atom. The second-order valence-electron chi connectivity index (χ2n) is 3.18. The molecule has 0 saturated carbocycles. The lowest BCUT2D eigenvalue weighted by Crippen LogP contribution is -2.11. The van der Waals surface area contributed by atoms with Crippen molar-refractivity contribution in [2.75, 3.05) is 19.7 Å². The number of ether oxygens (including phenoxy) is 1. The van der Waals surface area contributed by atoms with Crippen LogP contribution in [0, 0.1) is 0 Å². The van der Waals surface area contributed by atoms with E-state index in [2.05, 4.69) is 30.5 Å². The summed E-state index contributed by atoms with van der Waals surface area (Å²) in [6.07, 6.45) is 4.20. The molecule has 0 amide bonds. The summed E-state index contributed by atoms with van der Waals surface area (Å²) >= 11 is 0. The first-order valence-electron chi connectivity index (χ1n) is 5.47. The summed E-state index contributed by atoms with van der Waals surface area (Å²) in [6.45, 7) is 6.70. The van der Waals surface area contributed by atoms with Crippen LogP contribution < -0.4 is 10.1 Å². The summed E-state index contributed by atoms with van der Waals surface area (Å²) in [6, 6.07) is 8.08. The van der Waals surface area contributed by atoms with Crippen LogP contribution in [0.4, 0.5) is 0 Å². The first-order valence-corrected chi connectivity index (χ1v) is 5.47. The number of benzene rings is 1. The highest BCUT2D eigenvalue weighted by molar-refractivity contribution is 5.57. The van der Waals surface area contributed by atoms with Crippen molar-refractivity contribution in [3.8, 4) is 5.75 Å². The molecule has 82 valence electrons. The van der Waals surface area contributed by atoms with E-state index < -0.39 is 0 Å². The molecule has 0 unspecified atom stereocenters. The van der Waals surface area contributed by atoms with E-state index in [9.17, 15) is 0 Å². The van der Waals surface area contributed by atoms with E-state index >= 15 is 0 Å². The van der Waals surface area contributed by atoms with Gasteiger partial charge in [0.25, 0.3) is 0 Å². The molecule has 0 heterocycles. The van der Waals surface area contributed by atoms with Gasteiger partial charge >= 0.3 is 0 Å². The SMILES string of the molecule is CCNCC=Cc1ccccc1OCC. The molecule has 0 atom stereocenters. The summed E-state index contributed by atoms with van der Waals surface area (Å²) in [5, 5.41) is 3.24. The van der Waals surface area contributed by atoms with Crippen molar-refractivity contribution < 1.29 is 4.74 Å². The number of rotatable bonds is 6. The van der Waals surface area contributed by atoms with Gasteiger partial charge in [0, 0.05) is 12.1 Å². The normalized spacial score (nSPS) is 10.8. The van der Waals surface area contributed by atoms with Crippen molar-refractivity contribution in [2.24, 2.45) is 0 Å². The zero-order valence-corrected chi connectivity index (χ0v) is 9.49. The Balaban J connectivity index is 2.62. The number of nitrogens with one attached hydrogen (secondary N) is 1. The lowest BCUT2D eigenvalue weighted by molar-refractivity contribution is 0.339. The average Bonchev–Trinajstić information content (AvgIpc) is 2.27. The van der Waals surface area contributed by atoms with E-state index in [1.54, 1.807) is 0 Å². The van der Waals surface area contributed by atoms with Crippen molar-refractivity contribution in [1.82, 2.24) is 5.32 Å². The summed E-state index contributed by atoms with van der Waals surface area (Å²) < 4.78 is 5.52. The van der Waals surface area contributed by atoms with Gasteiger partial charge in [-0.25, -0.2) is 0 Å². The second kappa shape index (κ2) is 7.07. The van der Waals surface area contributed by atoms with Gasteiger partial charge < -0.3 is 10.1 Å². The fourth-order valence-corrected chi connectivity index (χ4v) is 1.32. The summed E-state index contributed by atoms with van der Waals surface area (Å²) in [5.41, 5.74) is 1.14. The van der Waals surface area contributed by atoms with Gasteiger partial charge in [-0.1, -0.05) is 37.3 Å². The van der Waals surface area contributed by atoms with E-state index in [4.69, 9.17) is 4.74 Å². The molecule has 0 aromatic heterocycles. The van der Waals surface area contributed by atoms with Gasteiger partial charge in [-0.15, -0.1) is 0 Å². The Labute approximate surface area is 92.0 Å². The molecule has 1 aromatic rings. The van der Waals surface area contributed by atoms with Gasteiger partial charge in [0.15, 0.2) is 0 Å². The van der Waals surface area contributed by atoms with Crippen LogP contribution in [0.15, 0.2) is 30.3 Å². The van der Waals surface area contributed by atoms with Gasteiger partial charge in [-0.3, -0.25) is 0 Å². The Morgan fingerprint density at radius 1 is 1.27 bits per heavy atom. The van der Waals surface area contributed by atoms with Gasteiger partial charge in [0.2, 0.25) is 0 Å². The van der Waals surface area contributed by atoms with Crippen LogP contribution in [0.3, 0.4) is 0 Å². The standard InChI is InChI=1S/C13H19NO/c1-3-14-11-7-9-12-8-5-6-10-13(12)15-4-2/h5-10,14H,3-4,11H2,1-2H3. The predicted octanol–water partition coefficient (Wildman–Crippen LogP) is 2.71. The largest absolute Gasteiger partial charge is 0.493 e. The van der Waals surface area contributed by atoms with Crippen molar-refractivity contribution in [3.05, 3.63) is 35.9 Å². The van der Waals surface area contributed by atoms with Crippen LogP contribution in [0.2, 0.25) is 0 Å². The minimum absolute atomic E-state index is 0.706. The second-order valence-corrected chi connectivity index (χ2v) is 3.18. The number of hydrogen-bond donors (Lipinski definition) is 1. The topological polar surface area (TPSA) is 21.3 Å². The average molecular weight is 205 g/mol. The zero-order chi connectivity index (χ0) is 10.9. The molecule has 0 fully saturated rings. The van der Waals surface area contributed by atoms with Crippen molar-refractivity contribution in [2.45, 2.75) is 13.8 Å². The fraction of sp³-hybridized carbons (Fsp3) is 0.385. The van der Waals surface area contributed by atoms with E-state index in [1.807, 2.05) is 25.1 Å². The zero-order valence-electron chi connectivity index (χ0n) is 9.49. The molecule has 1 rings (SSSR count). The lowest BCUT2D eigenvalue weighted by atomic mass is 10.2. The van der Waals surface area contributed by atoms with E-state index in [1.165, 1.54) is 0 Å². The maximum Gasteiger partial charge on any atom is 0.126 e. The Bertz CT molecular complexity index is 307. The van der Waals surface area contributed by atoms with Crippen molar-refractivity contribution in [3.63, 3.8) is 0 Å². The van der Waals surface area contributed by atoms with Gasteiger partial charge in [-0.2, -0.15) is 0 Å². The third-order valence-electron chi connectivity index (χ3n) is 2.03. The van der Waals surface area contributed by atoms with E-state index in [0.29, 0.717) is 6.61 Å². The number of hydrogen-bond acceptors (Lipinski definition) is 2. The van der Waals surface area contributed by atoms with Crippen molar-refractivity contribution >= 4 is 6.08 Å². The van der Waals surface area contributed by atoms with Gasteiger partial charge in [0.1, 0.15) is 5.75 Å². The molecule has 0 saturated heterocycles. The minimum atomic E-state index is 0.706. The monoisotopic (exact) mass is 205 g/mol. The third-order valence-corrected chi connectivity index (χ3v) is 2.03. The number of likely N-dealkylation sites (N-methyl/N-ethyl adjacent to an activating group) is 1. The Hall–Kier alpha value is -1.28. The van der Waals surface area contributed by atoms with E-state index in [0.717, 1.165) is 24.4 Å². The van der Waals surface area contributed by atoms with Crippen molar-refractivity contribution in [1.29, 1.82) is 0 Å². The molecule has 0 spiro atoms. The molecule has 2 heteroatoms. The highest BCUT2D eigenvalue weighted by Gasteiger charge is 1.96. The van der Waals surface area contributed by atoms with Crippen LogP contribution in [-0.4, -0.2) is 19.7 Å². The van der Waals surface area contributed by atoms with Crippen LogP contribution in [-0.2, 0) is 0 Å². The maximum absolute atomic E-state index is 5.52. The molecule has 1 N–H and O–H groups in total. The predicted molar refractivity (Wildman–Crippen MR) is 65.2 cm³/mol. The molecule has 2 nitrogen and oxygen atoms in total. The van der Waals surface area contributed by atoms with Crippen LogP contribution in [0.5, 0.6) is 5.75 Å². The van der Waals surface area contributed by atoms with Gasteiger partial charge in [-0.05, 0) is 19.5 Å². The first-order chi connectivity index (χ1) is 7.38. The Kier molecular flexibility index (Phi) is 5.56. The highest BCUT2D eigenvalue weighted by Crippen LogP contribution is 2.18. The van der Waals surface area contributed by atoms with Crippen LogP contribution in [0.25, 0.3) is 6.08 Å². The first kappa shape index (κ1) is 11.8. The smallest absolute Gasteiger partial charge is 0.126 e. The molecule has 1 aromatic carbocycles. The lowest BCUT2D eigenvalue weighted by Gasteiger charge is -2.06. The number of para-hydroxylation sites is 1. The molecule has 0 aliphatic heterocycles. The fourth-order valence-electron chi connectivity index (χ4n) is 1.32. The highest BCUT2D eigenvalue weighted by atomic mass is 16.5. The molecule has 0 aliphatic rings. The molecular weight excluding hydrogens is 186 g/mol. The molecule has 0 radical (unpaired) electrons. The van der Waals surface area contributed by atoms with Crippen LogP contribution >= 0.6 is 0 Å². The summed E-state index contributed by atoms with van der Waals surface area (Å²) in [4.78, 5) is 0. The summed E-state index contributed by atoms with van der Waals surface area (Å²) in [5.74, 6) is 0.952. The molecule has 0 bridgehead atoms. The van der Waals surface area contributed by atoms with Crippen LogP contribution in [0.1, 0.15) is 19.4 Å². The van der Waals surface area contributed by atoms with Gasteiger partial charge in [0.05, 0.1) is 6.61 Å². The Morgan fingerprint density at radius 2 is 2.07 bits per heavy atom. The molecular formula is C13H19NO. The molecule has 0 aliphatic carbocycles. The third kappa shape index (κ3) is 4.17. The molecule has 15 heavy (non-hydrogen) atoms. The summed E-state index contributed by atoms with van der Waals surface area (Å²) in [7, 11) is 0. The quantitative estimate of drug-likeness (QED) is 0.721. The van der Waals surface area contributed by atoms with E-state index in [-0.39, 0.29) is 0 Å². The maximum atomic E-state index is 5.52. The minimum Gasteiger partial charge on any atom is -0.493 e.